The predicted octanol–water partition coefficient (Wildman–Crippen LogP) is 7.64. The number of carbonyl (C=O) groups is 1. The molecule has 7 heteroatoms. The first-order valence-corrected chi connectivity index (χ1v) is 12.0. The fourth-order valence-corrected chi connectivity index (χ4v) is 4.23. The number of hydrogen-bond donors (Lipinski definition) is 1. The van der Waals surface area contributed by atoms with Crippen molar-refractivity contribution in [3.8, 4) is 5.75 Å². The van der Waals surface area contributed by atoms with E-state index in [4.69, 9.17) is 27.9 Å². The number of ether oxygens (including phenoxy) is 1. The quantitative estimate of drug-likeness (QED) is 0.289. The minimum Gasteiger partial charge on any atom is -0.494 e. The summed E-state index contributed by atoms with van der Waals surface area (Å²) < 4.78 is 5.76. The second kappa shape index (κ2) is 12.1. The van der Waals surface area contributed by atoms with E-state index < -0.39 is 0 Å². The predicted molar refractivity (Wildman–Crippen MR) is 130 cm³/mol. The molecule has 0 radical (unpaired) electrons. The van der Waals surface area contributed by atoms with Crippen LogP contribution in [0.15, 0.2) is 48.7 Å². The summed E-state index contributed by atoms with van der Waals surface area (Å²) in [4.78, 5) is 17.9. The van der Waals surface area contributed by atoms with Crippen LogP contribution < -0.4 is 10.1 Å². The number of rotatable bonds is 11. The van der Waals surface area contributed by atoms with Crippen molar-refractivity contribution in [3.05, 3.63) is 74.7 Å². The molecule has 0 fully saturated rings. The van der Waals surface area contributed by atoms with Crippen molar-refractivity contribution < 1.29 is 9.53 Å². The Labute approximate surface area is 197 Å². The van der Waals surface area contributed by atoms with Crippen LogP contribution in [-0.2, 0) is 6.42 Å². The van der Waals surface area contributed by atoms with Gasteiger partial charge in [-0.2, -0.15) is 0 Å². The number of unbranched alkanes of at least 4 members (excludes halogenated alkanes) is 4. The highest BCUT2D eigenvalue weighted by Gasteiger charge is 2.10. The van der Waals surface area contributed by atoms with Gasteiger partial charge in [-0.05, 0) is 48.4 Å². The van der Waals surface area contributed by atoms with E-state index in [9.17, 15) is 4.79 Å². The highest BCUT2D eigenvalue weighted by molar-refractivity contribution is 7.15. The van der Waals surface area contributed by atoms with Crippen molar-refractivity contribution in [2.24, 2.45) is 0 Å². The van der Waals surface area contributed by atoms with E-state index >= 15 is 0 Å². The number of nitrogens with one attached hydrogen (secondary N) is 1. The standard InChI is InChI=1S/C24H26Cl2N2O2S/c1-2-3-4-5-6-13-30-19-10-8-18(9-11-19)23(29)28-24-27-16-20(31-24)14-17-7-12-21(25)22(26)15-17/h7-12,15-16H,2-6,13-14H2,1H3,(H,27,28,29). The molecular weight excluding hydrogens is 451 g/mol. The lowest BCUT2D eigenvalue weighted by Crippen LogP contribution is -2.11. The highest BCUT2D eigenvalue weighted by Crippen LogP contribution is 2.26. The molecule has 1 N–H and O–H groups in total. The molecular formula is C24H26Cl2N2O2S. The average molecular weight is 477 g/mol. The van der Waals surface area contributed by atoms with Gasteiger partial charge in [0.15, 0.2) is 5.13 Å². The third-order valence-corrected chi connectivity index (χ3v) is 6.42. The molecule has 164 valence electrons. The molecule has 0 unspecified atom stereocenters. The first kappa shape index (κ1) is 23.6. The molecule has 31 heavy (non-hydrogen) atoms. The van der Waals surface area contributed by atoms with Gasteiger partial charge in [-0.15, -0.1) is 11.3 Å². The van der Waals surface area contributed by atoms with Crippen LogP contribution in [0.25, 0.3) is 0 Å². The zero-order valence-corrected chi connectivity index (χ0v) is 19.8. The Hall–Kier alpha value is -2.08. The van der Waals surface area contributed by atoms with Gasteiger partial charge in [0.25, 0.3) is 5.91 Å². The van der Waals surface area contributed by atoms with Crippen LogP contribution in [-0.4, -0.2) is 17.5 Å². The molecule has 0 atom stereocenters. The summed E-state index contributed by atoms with van der Waals surface area (Å²) in [6, 6.07) is 12.8. The third kappa shape index (κ3) is 7.53. The molecule has 0 aliphatic heterocycles. The molecule has 3 aromatic rings. The van der Waals surface area contributed by atoms with Crippen molar-refractivity contribution >= 4 is 45.6 Å². The second-order valence-electron chi connectivity index (χ2n) is 7.30. The zero-order valence-electron chi connectivity index (χ0n) is 17.5. The monoisotopic (exact) mass is 476 g/mol. The minimum atomic E-state index is -0.193. The van der Waals surface area contributed by atoms with Crippen molar-refractivity contribution in [1.29, 1.82) is 0 Å². The number of amides is 1. The number of benzene rings is 2. The summed E-state index contributed by atoms with van der Waals surface area (Å²) in [7, 11) is 0. The van der Waals surface area contributed by atoms with Crippen molar-refractivity contribution in [2.45, 2.75) is 45.4 Å². The van der Waals surface area contributed by atoms with Gasteiger partial charge in [0.1, 0.15) is 5.75 Å². The summed E-state index contributed by atoms with van der Waals surface area (Å²) in [5, 5.41) is 4.48. The maximum absolute atomic E-state index is 12.5. The number of nitrogens with zero attached hydrogens (tertiary/aromatic N) is 1. The van der Waals surface area contributed by atoms with Gasteiger partial charge in [0.05, 0.1) is 16.7 Å². The number of hydrogen-bond acceptors (Lipinski definition) is 4. The van der Waals surface area contributed by atoms with E-state index in [-0.39, 0.29) is 5.91 Å². The summed E-state index contributed by atoms with van der Waals surface area (Å²) in [6.45, 7) is 2.91. The van der Waals surface area contributed by atoms with Crippen LogP contribution in [0.1, 0.15) is 59.8 Å². The number of anilines is 1. The topological polar surface area (TPSA) is 51.2 Å². The Balaban J connectivity index is 1.48. The van der Waals surface area contributed by atoms with Crippen LogP contribution in [0.3, 0.4) is 0 Å². The largest absolute Gasteiger partial charge is 0.494 e. The molecule has 0 aliphatic rings. The molecule has 0 saturated heterocycles. The maximum atomic E-state index is 12.5. The molecule has 0 bridgehead atoms. The number of thiazole rings is 1. The van der Waals surface area contributed by atoms with Crippen molar-refractivity contribution in [3.63, 3.8) is 0 Å². The van der Waals surface area contributed by atoms with E-state index in [2.05, 4.69) is 17.2 Å². The fraction of sp³-hybridized carbons (Fsp3) is 0.333. The van der Waals surface area contributed by atoms with Crippen molar-refractivity contribution in [1.82, 2.24) is 4.98 Å². The third-order valence-electron chi connectivity index (χ3n) is 4.77. The summed E-state index contributed by atoms with van der Waals surface area (Å²) in [5.41, 5.74) is 1.61. The Morgan fingerprint density at radius 3 is 2.55 bits per heavy atom. The van der Waals surface area contributed by atoms with Crippen LogP contribution in [0.2, 0.25) is 10.0 Å². The number of aromatic nitrogens is 1. The molecule has 0 aliphatic carbocycles. The van der Waals surface area contributed by atoms with Crippen LogP contribution in [0.5, 0.6) is 5.75 Å². The maximum Gasteiger partial charge on any atom is 0.257 e. The minimum absolute atomic E-state index is 0.193. The van der Waals surface area contributed by atoms with Gasteiger partial charge in [0, 0.05) is 23.1 Å². The normalized spacial score (nSPS) is 10.8. The van der Waals surface area contributed by atoms with Gasteiger partial charge >= 0.3 is 0 Å². The van der Waals surface area contributed by atoms with E-state index in [0.29, 0.717) is 33.8 Å². The average Bonchev–Trinajstić information content (AvgIpc) is 3.20. The van der Waals surface area contributed by atoms with Gasteiger partial charge in [0.2, 0.25) is 0 Å². The van der Waals surface area contributed by atoms with Gasteiger partial charge in [-0.3, -0.25) is 10.1 Å². The number of halogens is 2. The second-order valence-corrected chi connectivity index (χ2v) is 9.23. The summed E-state index contributed by atoms with van der Waals surface area (Å²) >= 11 is 13.5. The summed E-state index contributed by atoms with van der Waals surface area (Å²) in [6.07, 6.45) is 8.45. The van der Waals surface area contributed by atoms with Gasteiger partial charge in [-0.25, -0.2) is 4.98 Å². The van der Waals surface area contributed by atoms with Gasteiger partial charge in [-0.1, -0.05) is 61.9 Å². The Kier molecular flexibility index (Phi) is 9.19. The fourth-order valence-electron chi connectivity index (χ4n) is 3.07. The molecule has 1 aromatic heterocycles. The van der Waals surface area contributed by atoms with Crippen LogP contribution in [0.4, 0.5) is 5.13 Å². The lowest BCUT2D eigenvalue weighted by Gasteiger charge is -2.07. The summed E-state index contributed by atoms with van der Waals surface area (Å²) in [5.74, 6) is 0.590. The Morgan fingerprint density at radius 1 is 1.03 bits per heavy atom. The SMILES string of the molecule is CCCCCCCOc1ccc(C(=O)Nc2ncc(Cc3ccc(Cl)c(Cl)c3)s2)cc1. The van der Waals surface area contributed by atoms with Crippen molar-refractivity contribution in [2.75, 3.05) is 11.9 Å². The lowest BCUT2D eigenvalue weighted by molar-refractivity contribution is 0.102. The van der Waals surface area contributed by atoms with E-state index in [1.807, 2.05) is 24.3 Å². The van der Waals surface area contributed by atoms with Crippen LogP contribution >= 0.6 is 34.5 Å². The van der Waals surface area contributed by atoms with E-state index in [1.54, 1.807) is 24.4 Å². The first-order chi connectivity index (χ1) is 15.0. The molecule has 1 amide bonds. The van der Waals surface area contributed by atoms with E-state index in [1.165, 1.54) is 37.0 Å². The molecule has 3 rings (SSSR count). The Morgan fingerprint density at radius 2 is 1.81 bits per heavy atom. The molecule has 2 aromatic carbocycles. The lowest BCUT2D eigenvalue weighted by atomic mass is 10.1. The molecule has 0 saturated carbocycles. The van der Waals surface area contributed by atoms with E-state index in [0.717, 1.165) is 22.6 Å². The first-order valence-electron chi connectivity index (χ1n) is 10.5. The molecule has 0 spiro atoms. The van der Waals surface area contributed by atoms with Crippen LogP contribution in [0, 0.1) is 0 Å². The smallest absolute Gasteiger partial charge is 0.257 e. The molecule has 1 heterocycles. The Bertz CT molecular complexity index is 989. The highest BCUT2D eigenvalue weighted by atomic mass is 35.5. The van der Waals surface area contributed by atoms with Gasteiger partial charge < -0.3 is 4.74 Å². The zero-order chi connectivity index (χ0) is 22.1. The molecule has 4 nitrogen and oxygen atoms in total. The number of carbonyl (C=O) groups excluding carboxylic acids is 1.